The van der Waals surface area contributed by atoms with Gasteiger partial charge in [-0.3, -0.25) is 9.59 Å². The largest absolute Gasteiger partial charge is 0.466 e. The number of amides is 1. The van der Waals surface area contributed by atoms with E-state index in [0.29, 0.717) is 19.4 Å². The first-order valence-electron chi connectivity index (χ1n) is 39.9. The van der Waals surface area contributed by atoms with E-state index in [0.717, 1.165) is 57.8 Å². The summed E-state index contributed by atoms with van der Waals surface area (Å²) in [7, 11) is 0. The number of ether oxygens (including phenoxy) is 3. The molecular formula is C81H151NO10. The molecule has 1 aliphatic rings. The van der Waals surface area contributed by atoms with E-state index in [-0.39, 0.29) is 18.5 Å². The predicted molar refractivity (Wildman–Crippen MR) is 389 cm³/mol. The molecule has 0 bridgehead atoms. The molecular weight excluding hydrogens is 1150 g/mol. The van der Waals surface area contributed by atoms with Crippen LogP contribution in [0.15, 0.2) is 48.6 Å². The number of hydrogen-bond acceptors (Lipinski definition) is 10. The summed E-state index contributed by atoms with van der Waals surface area (Å²) in [5, 5.41) is 54.5. The monoisotopic (exact) mass is 1300 g/mol. The fourth-order valence-electron chi connectivity index (χ4n) is 12.7. The average Bonchev–Trinajstić information content (AvgIpc) is 1.08. The maximum Gasteiger partial charge on any atom is 0.305 e. The summed E-state index contributed by atoms with van der Waals surface area (Å²) < 4.78 is 16.7. The van der Waals surface area contributed by atoms with Crippen molar-refractivity contribution in [2.75, 3.05) is 19.8 Å². The highest BCUT2D eigenvalue weighted by atomic mass is 16.7. The van der Waals surface area contributed by atoms with E-state index in [1.165, 1.54) is 308 Å². The molecule has 0 spiro atoms. The van der Waals surface area contributed by atoms with E-state index in [1.807, 2.05) is 6.08 Å². The smallest absolute Gasteiger partial charge is 0.305 e. The van der Waals surface area contributed by atoms with Crippen LogP contribution in [-0.4, -0.2) is 100 Å². The quantitative estimate of drug-likeness (QED) is 0.0195. The Balaban J connectivity index is 1.90. The van der Waals surface area contributed by atoms with Gasteiger partial charge in [0.1, 0.15) is 24.4 Å². The molecule has 0 radical (unpaired) electrons. The molecule has 0 aromatic heterocycles. The van der Waals surface area contributed by atoms with Crippen LogP contribution in [0.1, 0.15) is 393 Å². The molecule has 1 saturated heterocycles. The number of carbonyl (C=O) groups excluding carboxylic acids is 2. The first-order valence-corrected chi connectivity index (χ1v) is 39.9. The number of esters is 1. The van der Waals surface area contributed by atoms with Crippen LogP contribution in [0, 0.1) is 0 Å². The van der Waals surface area contributed by atoms with Crippen molar-refractivity contribution in [3.8, 4) is 0 Å². The molecule has 11 nitrogen and oxygen atoms in total. The predicted octanol–water partition coefficient (Wildman–Crippen LogP) is 21.5. The molecule has 1 heterocycles. The third-order valence-corrected chi connectivity index (χ3v) is 18.9. The summed E-state index contributed by atoms with van der Waals surface area (Å²) in [5.41, 5.74) is 0. The third kappa shape index (κ3) is 57.8. The van der Waals surface area contributed by atoms with Crippen molar-refractivity contribution in [3.63, 3.8) is 0 Å². The minimum Gasteiger partial charge on any atom is -0.466 e. The van der Waals surface area contributed by atoms with E-state index in [4.69, 9.17) is 14.2 Å². The number of nitrogens with one attached hydrogen (secondary N) is 1. The average molecular weight is 1300 g/mol. The van der Waals surface area contributed by atoms with Gasteiger partial charge < -0.3 is 45.1 Å². The number of rotatable bonds is 71. The van der Waals surface area contributed by atoms with Crippen LogP contribution >= 0.6 is 0 Å². The van der Waals surface area contributed by atoms with Crippen LogP contribution in [-0.2, 0) is 23.8 Å². The van der Waals surface area contributed by atoms with Crippen LogP contribution in [0.2, 0.25) is 0 Å². The van der Waals surface area contributed by atoms with Gasteiger partial charge in [-0.25, -0.2) is 0 Å². The second-order valence-corrected chi connectivity index (χ2v) is 27.8. The first kappa shape index (κ1) is 87.6. The lowest BCUT2D eigenvalue weighted by Crippen LogP contribution is -2.60. The zero-order valence-electron chi connectivity index (χ0n) is 60.3. The minimum absolute atomic E-state index is 0.0164. The molecule has 1 fully saturated rings. The summed E-state index contributed by atoms with van der Waals surface area (Å²) in [5.74, 6) is -0.171. The molecule has 11 heteroatoms. The van der Waals surface area contributed by atoms with Gasteiger partial charge in [-0.15, -0.1) is 0 Å². The lowest BCUT2D eigenvalue weighted by atomic mass is 9.99. The fraction of sp³-hybridized carbons (Fsp3) is 0.877. The number of hydrogen-bond donors (Lipinski definition) is 6. The van der Waals surface area contributed by atoms with E-state index in [2.05, 4.69) is 55.6 Å². The molecule has 0 aromatic carbocycles. The van der Waals surface area contributed by atoms with Crippen molar-refractivity contribution in [2.45, 2.75) is 436 Å². The van der Waals surface area contributed by atoms with Crippen molar-refractivity contribution in [2.24, 2.45) is 0 Å². The molecule has 0 aromatic rings. The molecule has 7 atom stereocenters. The summed E-state index contributed by atoms with van der Waals surface area (Å²) in [6.45, 7) is 4.36. The van der Waals surface area contributed by atoms with E-state index in [1.54, 1.807) is 6.08 Å². The van der Waals surface area contributed by atoms with Crippen LogP contribution in [0.3, 0.4) is 0 Å². The van der Waals surface area contributed by atoms with Crippen LogP contribution in [0.25, 0.3) is 0 Å². The van der Waals surface area contributed by atoms with Gasteiger partial charge in [0, 0.05) is 12.8 Å². The summed E-state index contributed by atoms with van der Waals surface area (Å²) in [4.78, 5) is 25.1. The Morgan fingerprint density at radius 3 is 1.14 bits per heavy atom. The summed E-state index contributed by atoms with van der Waals surface area (Å²) >= 11 is 0. The molecule has 0 aliphatic carbocycles. The zero-order valence-corrected chi connectivity index (χ0v) is 60.3. The first-order chi connectivity index (χ1) is 45.2. The van der Waals surface area contributed by atoms with Crippen molar-refractivity contribution in [1.29, 1.82) is 0 Å². The highest BCUT2D eigenvalue weighted by Gasteiger charge is 2.44. The third-order valence-electron chi connectivity index (χ3n) is 18.9. The van der Waals surface area contributed by atoms with Gasteiger partial charge in [-0.05, 0) is 77.0 Å². The Bertz CT molecular complexity index is 1670. The number of carbonyl (C=O) groups is 2. The number of allylic oxidation sites excluding steroid dienone is 7. The van der Waals surface area contributed by atoms with E-state index in [9.17, 15) is 35.1 Å². The van der Waals surface area contributed by atoms with Crippen molar-refractivity contribution >= 4 is 11.9 Å². The minimum atomic E-state index is -1.58. The van der Waals surface area contributed by atoms with Crippen LogP contribution in [0.5, 0.6) is 0 Å². The Kier molecular flexibility index (Phi) is 66.6. The normalized spacial score (nSPS) is 17.8. The fourth-order valence-corrected chi connectivity index (χ4v) is 12.7. The maximum absolute atomic E-state index is 13.1. The van der Waals surface area contributed by atoms with Gasteiger partial charge in [-0.2, -0.15) is 0 Å². The zero-order chi connectivity index (χ0) is 66.5. The van der Waals surface area contributed by atoms with Crippen LogP contribution < -0.4 is 5.32 Å². The van der Waals surface area contributed by atoms with Crippen molar-refractivity contribution in [3.05, 3.63) is 48.6 Å². The van der Waals surface area contributed by atoms with E-state index >= 15 is 0 Å². The highest BCUT2D eigenvalue weighted by molar-refractivity contribution is 5.76. The topological polar surface area (TPSA) is 175 Å². The standard InChI is InChI=1S/C81H151NO10/c1-3-5-7-9-11-13-15-44-49-53-57-61-65-69-77(86)90-70-66-62-58-54-50-46-43-41-39-37-35-33-31-29-27-25-23-21-19-17-18-20-22-24-26-28-30-32-34-36-38-40-42-45-48-52-56-60-64-68-76(85)82-73(72-91-81-80(89)79(88)78(87)75(71-83)92-81)74(84)67-63-59-55-51-47-16-14-12-10-8-6-4-2/h17-18,21,23,47,51,63,67,73-75,78-81,83-84,87-89H,3-16,19-20,22,24-46,48-50,52-62,64-66,68-72H2,1-2H3,(H,82,85)/b18-17-,23-21-,51-47+,67-63+. The highest BCUT2D eigenvalue weighted by Crippen LogP contribution is 2.24. The second kappa shape index (κ2) is 70.0. The van der Waals surface area contributed by atoms with E-state index < -0.39 is 49.5 Å². The lowest BCUT2D eigenvalue weighted by Gasteiger charge is -2.40. The number of unbranched alkanes of at least 4 members (excludes halogenated alkanes) is 51. The van der Waals surface area contributed by atoms with Crippen molar-refractivity contribution in [1.82, 2.24) is 5.32 Å². The second-order valence-electron chi connectivity index (χ2n) is 27.8. The molecule has 1 rings (SSSR count). The summed E-state index contributed by atoms with van der Waals surface area (Å²) in [6, 6.07) is -0.825. The van der Waals surface area contributed by atoms with Gasteiger partial charge in [0.2, 0.25) is 5.91 Å². The molecule has 6 N–H and O–H groups in total. The number of aliphatic hydroxyl groups excluding tert-OH is 5. The maximum atomic E-state index is 13.1. The van der Waals surface area contributed by atoms with Gasteiger partial charge in [0.15, 0.2) is 6.29 Å². The Hall–Kier alpha value is -2.38. The molecule has 540 valence electrons. The molecule has 92 heavy (non-hydrogen) atoms. The Labute approximate surface area is 567 Å². The summed E-state index contributed by atoms with van der Waals surface area (Å²) in [6.07, 6.45) is 83.0. The van der Waals surface area contributed by atoms with Crippen molar-refractivity contribution < 1.29 is 49.3 Å². The van der Waals surface area contributed by atoms with Gasteiger partial charge in [0.25, 0.3) is 0 Å². The molecule has 0 saturated carbocycles. The van der Waals surface area contributed by atoms with Crippen LogP contribution in [0.4, 0.5) is 0 Å². The Morgan fingerprint density at radius 1 is 0.402 bits per heavy atom. The number of aliphatic hydroxyl groups is 5. The van der Waals surface area contributed by atoms with Gasteiger partial charge in [-0.1, -0.05) is 351 Å². The lowest BCUT2D eigenvalue weighted by molar-refractivity contribution is -0.302. The van der Waals surface area contributed by atoms with Gasteiger partial charge in [0.05, 0.1) is 32.0 Å². The Morgan fingerprint density at radius 2 is 0.739 bits per heavy atom. The molecule has 1 aliphatic heterocycles. The molecule has 7 unspecified atom stereocenters. The van der Waals surface area contributed by atoms with Gasteiger partial charge >= 0.3 is 5.97 Å². The SMILES string of the molecule is CCCCCCCC/C=C/CC/C=C/C(O)C(COC1OC(CO)C(O)C(O)C1O)NC(=O)CCCCCCCCCCCCCCCCCCC/C=C\C/C=C\CCCCCCCCCCCCCCCCCOC(=O)CCCCCCCCCCCCCCC. The molecule has 1 amide bonds.